The van der Waals surface area contributed by atoms with Crippen LogP contribution < -0.4 is 16.4 Å². The highest BCUT2D eigenvalue weighted by molar-refractivity contribution is 7.80. The van der Waals surface area contributed by atoms with Gasteiger partial charge in [-0.2, -0.15) is 0 Å². The topological polar surface area (TPSA) is 67.2 Å². The highest BCUT2D eigenvalue weighted by Gasteiger charge is 2.23. The molecule has 92 valence electrons. The zero-order valence-corrected chi connectivity index (χ0v) is 10.4. The predicted octanol–water partition coefficient (Wildman–Crippen LogP) is 2.01. The molecule has 17 heavy (non-hydrogen) atoms. The van der Waals surface area contributed by atoms with Crippen LogP contribution in [0, 0.1) is 5.82 Å². The number of carbonyl (C=O) groups excluding carboxylic acids is 1. The SMILES string of the molecule is CC(C)(NC(=O)Nc1ccccc1F)C(N)=S. The minimum absolute atomic E-state index is 0.101. The fourth-order valence-electron chi connectivity index (χ4n) is 1.06. The van der Waals surface area contributed by atoms with Gasteiger partial charge in [0.2, 0.25) is 0 Å². The summed E-state index contributed by atoms with van der Waals surface area (Å²) in [6.07, 6.45) is 0. The molecule has 6 heteroatoms. The van der Waals surface area contributed by atoms with Gasteiger partial charge in [0, 0.05) is 0 Å². The molecule has 4 nitrogen and oxygen atoms in total. The molecular weight excluding hydrogens is 241 g/mol. The Labute approximate surface area is 104 Å². The number of halogens is 1. The number of amides is 2. The Balaban J connectivity index is 2.69. The number of benzene rings is 1. The van der Waals surface area contributed by atoms with Crippen molar-refractivity contribution < 1.29 is 9.18 Å². The molecule has 2 amide bonds. The van der Waals surface area contributed by atoms with Crippen molar-refractivity contribution in [2.75, 3.05) is 5.32 Å². The van der Waals surface area contributed by atoms with Crippen LogP contribution in [0.15, 0.2) is 24.3 Å². The smallest absolute Gasteiger partial charge is 0.320 e. The van der Waals surface area contributed by atoms with Gasteiger partial charge in [0.1, 0.15) is 5.82 Å². The van der Waals surface area contributed by atoms with Gasteiger partial charge in [-0.1, -0.05) is 24.4 Å². The lowest BCUT2D eigenvalue weighted by Gasteiger charge is -2.24. The first kappa shape index (κ1) is 13.4. The molecule has 0 radical (unpaired) electrons. The van der Waals surface area contributed by atoms with Gasteiger partial charge in [-0.15, -0.1) is 0 Å². The van der Waals surface area contributed by atoms with Gasteiger partial charge < -0.3 is 16.4 Å². The van der Waals surface area contributed by atoms with Crippen LogP contribution in [0.5, 0.6) is 0 Å². The van der Waals surface area contributed by atoms with Crippen LogP contribution in [-0.2, 0) is 0 Å². The van der Waals surface area contributed by atoms with Crippen molar-refractivity contribution in [1.82, 2.24) is 5.32 Å². The number of nitrogens with two attached hydrogens (primary N) is 1. The van der Waals surface area contributed by atoms with Gasteiger partial charge in [0.05, 0.1) is 16.2 Å². The van der Waals surface area contributed by atoms with Crippen LogP contribution in [-0.4, -0.2) is 16.6 Å². The lowest BCUT2D eigenvalue weighted by Crippen LogP contribution is -2.53. The molecule has 1 aromatic rings. The summed E-state index contributed by atoms with van der Waals surface area (Å²) in [4.78, 5) is 11.7. The van der Waals surface area contributed by atoms with Crippen molar-refractivity contribution in [1.29, 1.82) is 0 Å². The third-order valence-corrected chi connectivity index (χ3v) is 2.67. The van der Waals surface area contributed by atoms with Gasteiger partial charge in [0.25, 0.3) is 0 Å². The second kappa shape index (κ2) is 5.09. The van der Waals surface area contributed by atoms with Crippen LogP contribution >= 0.6 is 12.2 Å². The molecular formula is C11H14FN3OS. The van der Waals surface area contributed by atoms with E-state index >= 15 is 0 Å². The molecule has 0 aromatic heterocycles. The summed E-state index contributed by atoms with van der Waals surface area (Å²) in [6.45, 7) is 3.33. The fraction of sp³-hybridized carbons (Fsp3) is 0.273. The van der Waals surface area contributed by atoms with E-state index in [1.807, 2.05) is 0 Å². The van der Waals surface area contributed by atoms with Crippen LogP contribution in [0.4, 0.5) is 14.9 Å². The van der Waals surface area contributed by atoms with Crippen molar-refractivity contribution in [2.45, 2.75) is 19.4 Å². The molecule has 0 aliphatic heterocycles. The molecule has 0 aliphatic carbocycles. The zero-order chi connectivity index (χ0) is 13.1. The maximum absolute atomic E-state index is 13.2. The number of hydrogen-bond donors (Lipinski definition) is 3. The van der Waals surface area contributed by atoms with Crippen LogP contribution in [0.1, 0.15) is 13.8 Å². The summed E-state index contributed by atoms with van der Waals surface area (Å²) < 4.78 is 13.2. The van der Waals surface area contributed by atoms with E-state index < -0.39 is 17.4 Å². The van der Waals surface area contributed by atoms with Crippen LogP contribution in [0.2, 0.25) is 0 Å². The van der Waals surface area contributed by atoms with Crippen molar-refractivity contribution >= 4 is 28.9 Å². The van der Waals surface area contributed by atoms with Crippen LogP contribution in [0.25, 0.3) is 0 Å². The number of urea groups is 1. The second-order valence-electron chi connectivity index (χ2n) is 4.05. The molecule has 0 fully saturated rings. The van der Waals surface area contributed by atoms with E-state index in [4.69, 9.17) is 18.0 Å². The Hall–Kier alpha value is -1.69. The van der Waals surface area contributed by atoms with E-state index in [2.05, 4.69) is 10.6 Å². The summed E-state index contributed by atoms with van der Waals surface area (Å²) in [7, 11) is 0. The molecule has 0 saturated carbocycles. The van der Waals surface area contributed by atoms with Crippen LogP contribution in [0.3, 0.4) is 0 Å². The molecule has 1 aromatic carbocycles. The fourth-order valence-corrected chi connectivity index (χ4v) is 1.11. The zero-order valence-electron chi connectivity index (χ0n) is 9.58. The van der Waals surface area contributed by atoms with Gasteiger partial charge in [-0.05, 0) is 26.0 Å². The largest absolute Gasteiger partial charge is 0.391 e. The number of rotatable bonds is 3. The third-order valence-electron chi connectivity index (χ3n) is 2.16. The van der Waals surface area contributed by atoms with Crippen molar-refractivity contribution in [3.8, 4) is 0 Å². The Kier molecular flexibility index (Phi) is 4.01. The van der Waals surface area contributed by atoms with E-state index in [0.29, 0.717) is 0 Å². The second-order valence-corrected chi connectivity index (χ2v) is 4.49. The molecule has 4 N–H and O–H groups in total. The molecule has 0 bridgehead atoms. The van der Waals surface area contributed by atoms with Gasteiger partial charge >= 0.3 is 6.03 Å². The number of hydrogen-bond acceptors (Lipinski definition) is 2. The van der Waals surface area contributed by atoms with Gasteiger partial charge in [0.15, 0.2) is 0 Å². The van der Waals surface area contributed by atoms with E-state index in [-0.39, 0.29) is 10.7 Å². The highest BCUT2D eigenvalue weighted by atomic mass is 32.1. The molecule has 0 atom stereocenters. The monoisotopic (exact) mass is 255 g/mol. The van der Waals surface area contributed by atoms with Crippen molar-refractivity contribution in [3.63, 3.8) is 0 Å². The van der Waals surface area contributed by atoms with E-state index in [1.165, 1.54) is 18.2 Å². The highest BCUT2D eigenvalue weighted by Crippen LogP contribution is 2.12. The number of nitrogens with one attached hydrogen (secondary N) is 2. The lowest BCUT2D eigenvalue weighted by atomic mass is 10.1. The van der Waals surface area contributed by atoms with Gasteiger partial charge in [-0.3, -0.25) is 0 Å². The average molecular weight is 255 g/mol. The number of anilines is 1. The Bertz CT molecular complexity index is 448. The first-order valence-corrected chi connectivity index (χ1v) is 5.37. The van der Waals surface area contributed by atoms with Crippen molar-refractivity contribution in [2.24, 2.45) is 5.73 Å². The Morgan fingerprint density at radius 2 is 2.00 bits per heavy atom. The van der Waals surface area contributed by atoms with E-state index in [0.717, 1.165) is 0 Å². The lowest BCUT2D eigenvalue weighted by molar-refractivity contribution is 0.247. The maximum Gasteiger partial charge on any atom is 0.320 e. The first-order chi connectivity index (χ1) is 7.83. The maximum atomic E-state index is 13.2. The summed E-state index contributed by atoms with van der Waals surface area (Å²) in [6, 6.07) is 5.32. The predicted molar refractivity (Wildman–Crippen MR) is 69.4 cm³/mol. The number of carbonyl (C=O) groups is 1. The third kappa shape index (κ3) is 3.67. The minimum atomic E-state index is -0.829. The summed E-state index contributed by atoms with van der Waals surface area (Å²) in [5.41, 5.74) is 4.73. The Morgan fingerprint density at radius 1 is 1.41 bits per heavy atom. The average Bonchev–Trinajstić information content (AvgIpc) is 2.20. The van der Waals surface area contributed by atoms with Gasteiger partial charge in [-0.25, -0.2) is 9.18 Å². The van der Waals surface area contributed by atoms with Crippen molar-refractivity contribution in [3.05, 3.63) is 30.1 Å². The number of para-hydroxylation sites is 1. The summed E-state index contributed by atoms with van der Waals surface area (Å²) >= 11 is 4.80. The molecule has 0 spiro atoms. The molecule has 1 rings (SSSR count). The standard InChI is InChI=1S/C11H14FN3OS/c1-11(2,9(13)17)15-10(16)14-8-6-4-3-5-7(8)12/h3-6H,1-2H3,(H2,13,17)(H2,14,15,16). The quantitative estimate of drug-likeness (QED) is 0.724. The molecule has 0 saturated heterocycles. The summed E-state index contributed by atoms with van der Waals surface area (Å²) in [5, 5.41) is 4.93. The normalized spacial score (nSPS) is 10.8. The molecule has 0 unspecified atom stereocenters. The molecule has 0 aliphatic rings. The van der Waals surface area contributed by atoms with E-state index in [9.17, 15) is 9.18 Å². The molecule has 0 heterocycles. The minimum Gasteiger partial charge on any atom is -0.391 e. The Morgan fingerprint density at radius 3 is 2.53 bits per heavy atom. The first-order valence-electron chi connectivity index (χ1n) is 4.96. The van der Waals surface area contributed by atoms with E-state index in [1.54, 1.807) is 19.9 Å². The number of thiocarbonyl (C=S) groups is 1. The summed E-state index contributed by atoms with van der Waals surface area (Å²) in [5.74, 6) is -0.504.